The van der Waals surface area contributed by atoms with E-state index in [2.05, 4.69) is 0 Å². The molecule has 3 nitrogen and oxygen atoms in total. The van der Waals surface area contributed by atoms with Crippen LogP contribution in [0, 0.1) is 5.82 Å². The molecule has 0 spiro atoms. The van der Waals surface area contributed by atoms with Gasteiger partial charge >= 0.3 is 0 Å². The largest absolute Gasteiger partial charge is 0.457 e. The molecular weight excluding hydrogens is 476 g/mol. The van der Waals surface area contributed by atoms with Gasteiger partial charge in [-0.05, 0) is 48.5 Å². The first kappa shape index (κ1) is 20.4. The van der Waals surface area contributed by atoms with Crippen molar-refractivity contribution in [1.29, 1.82) is 0 Å². The predicted octanol–water partition coefficient (Wildman–Crippen LogP) is 7.45. The van der Waals surface area contributed by atoms with Crippen molar-refractivity contribution in [1.82, 2.24) is 0 Å². The molecule has 0 atom stereocenters. The van der Waals surface area contributed by atoms with Crippen molar-refractivity contribution in [3.8, 4) is 11.3 Å². The smallest absolute Gasteiger partial charge is 0.270 e. The monoisotopic (exact) mass is 483 g/mol. The van der Waals surface area contributed by atoms with Gasteiger partial charge in [0.15, 0.2) is 4.32 Å². The zero-order chi connectivity index (χ0) is 20.7. The second kappa shape index (κ2) is 8.13. The molecule has 1 saturated heterocycles. The minimum absolute atomic E-state index is 0.0883. The van der Waals surface area contributed by atoms with Crippen LogP contribution < -0.4 is 4.90 Å². The van der Waals surface area contributed by atoms with E-state index in [1.165, 1.54) is 23.1 Å². The second-order valence-corrected chi connectivity index (χ2v) is 8.87. The first-order chi connectivity index (χ1) is 13.8. The number of carbonyl (C=O) groups excluding carboxylic acids is 1. The molecule has 29 heavy (non-hydrogen) atoms. The molecular formula is C20H9Cl3FNO2S2. The van der Waals surface area contributed by atoms with E-state index in [9.17, 15) is 9.18 Å². The van der Waals surface area contributed by atoms with Crippen LogP contribution >= 0.6 is 58.8 Å². The third kappa shape index (κ3) is 4.09. The summed E-state index contributed by atoms with van der Waals surface area (Å²) < 4.78 is 19.5. The number of benzene rings is 2. The fourth-order valence-electron chi connectivity index (χ4n) is 2.71. The van der Waals surface area contributed by atoms with Crippen molar-refractivity contribution in [3.63, 3.8) is 0 Å². The first-order valence-electron chi connectivity index (χ1n) is 8.12. The number of thiocarbonyl (C=S) groups is 1. The van der Waals surface area contributed by atoms with E-state index in [0.29, 0.717) is 42.0 Å². The Labute approximate surface area is 190 Å². The zero-order valence-corrected chi connectivity index (χ0v) is 18.2. The number of thioether (sulfide) groups is 1. The van der Waals surface area contributed by atoms with Crippen LogP contribution in [-0.4, -0.2) is 10.2 Å². The minimum Gasteiger partial charge on any atom is -0.457 e. The maximum Gasteiger partial charge on any atom is 0.270 e. The van der Waals surface area contributed by atoms with Crippen molar-refractivity contribution >= 4 is 80.8 Å². The van der Waals surface area contributed by atoms with Crippen LogP contribution in [0.15, 0.2) is 57.9 Å². The van der Waals surface area contributed by atoms with Gasteiger partial charge in [0.1, 0.15) is 17.3 Å². The van der Waals surface area contributed by atoms with Crippen LogP contribution in [0.1, 0.15) is 5.76 Å². The number of amides is 1. The third-order valence-electron chi connectivity index (χ3n) is 4.05. The summed E-state index contributed by atoms with van der Waals surface area (Å²) in [5.41, 5.74) is 1.04. The van der Waals surface area contributed by atoms with Crippen molar-refractivity contribution in [3.05, 3.63) is 80.1 Å². The molecule has 9 heteroatoms. The topological polar surface area (TPSA) is 33.5 Å². The number of hydrogen-bond acceptors (Lipinski definition) is 4. The van der Waals surface area contributed by atoms with E-state index in [-0.39, 0.29) is 10.9 Å². The quantitative estimate of drug-likeness (QED) is 0.285. The number of nitrogens with zero attached hydrogens (tertiary/aromatic N) is 1. The van der Waals surface area contributed by atoms with Gasteiger partial charge in [-0.1, -0.05) is 58.8 Å². The first-order valence-corrected chi connectivity index (χ1v) is 10.5. The predicted molar refractivity (Wildman–Crippen MR) is 121 cm³/mol. The van der Waals surface area contributed by atoms with Gasteiger partial charge in [-0.25, -0.2) is 4.39 Å². The van der Waals surface area contributed by atoms with Gasteiger partial charge in [-0.2, -0.15) is 0 Å². The SMILES string of the molecule is O=C1/C(=C\c2ccc(-c3cc(Cl)ccc3Cl)o2)SC(=S)N1c1ccc(F)c(Cl)c1. The molecule has 2 aromatic carbocycles. The summed E-state index contributed by atoms with van der Waals surface area (Å²) in [6.45, 7) is 0. The van der Waals surface area contributed by atoms with Crippen LogP contribution in [0.5, 0.6) is 0 Å². The van der Waals surface area contributed by atoms with E-state index in [1.807, 2.05) is 0 Å². The Bertz CT molecular complexity index is 1190. The molecule has 1 aromatic heterocycles. The zero-order valence-electron chi connectivity index (χ0n) is 14.3. The van der Waals surface area contributed by atoms with Crippen LogP contribution in [-0.2, 0) is 4.79 Å². The maximum atomic E-state index is 13.4. The molecule has 1 fully saturated rings. The molecule has 2 heterocycles. The van der Waals surface area contributed by atoms with Crippen molar-refractivity contribution < 1.29 is 13.6 Å². The van der Waals surface area contributed by atoms with E-state index >= 15 is 0 Å². The fraction of sp³-hybridized carbons (Fsp3) is 0. The number of rotatable bonds is 3. The van der Waals surface area contributed by atoms with Crippen LogP contribution in [0.4, 0.5) is 10.1 Å². The molecule has 1 aliphatic heterocycles. The Morgan fingerprint density at radius 2 is 1.83 bits per heavy atom. The molecule has 3 aromatic rings. The van der Waals surface area contributed by atoms with E-state index in [4.69, 9.17) is 51.4 Å². The number of furan rings is 1. The fourth-order valence-corrected chi connectivity index (χ4v) is 4.54. The number of halogens is 4. The molecule has 1 aliphatic rings. The summed E-state index contributed by atoms with van der Waals surface area (Å²) in [6, 6.07) is 12.5. The maximum absolute atomic E-state index is 13.4. The molecule has 146 valence electrons. The molecule has 1 amide bonds. The Balaban J connectivity index is 1.63. The molecule has 0 unspecified atom stereocenters. The molecule has 0 bridgehead atoms. The molecule has 0 N–H and O–H groups in total. The van der Waals surface area contributed by atoms with Gasteiger partial charge in [-0.15, -0.1) is 0 Å². The van der Waals surface area contributed by atoms with Crippen LogP contribution in [0.25, 0.3) is 17.4 Å². The average molecular weight is 485 g/mol. The minimum atomic E-state index is -0.570. The van der Waals surface area contributed by atoms with Gasteiger partial charge in [0.2, 0.25) is 0 Å². The summed E-state index contributed by atoms with van der Waals surface area (Å²) in [4.78, 5) is 14.5. The molecule has 0 saturated carbocycles. The third-order valence-corrected chi connectivity index (χ3v) is 6.21. The normalized spacial score (nSPS) is 15.6. The lowest BCUT2D eigenvalue weighted by Crippen LogP contribution is -2.27. The molecule has 0 radical (unpaired) electrons. The highest BCUT2D eigenvalue weighted by Crippen LogP contribution is 2.38. The Morgan fingerprint density at radius 3 is 2.59 bits per heavy atom. The highest BCUT2D eigenvalue weighted by atomic mass is 35.5. The van der Waals surface area contributed by atoms with Crippen LogP contribution in [0.2, 0.25) is 15.1 Å². The number of anilines is 1. The van der Waals surface area contributed by atoms with E-state index < -0.39 is 5.82 Å². The van der Waals surface area contributed by atoms with Gasteiger partial charge < -0.3 is 4.42 Å². The number of hydrogen-bond donors (Lipinski definition) is 0. The van der Waals surface area contributed by atoms with E-state index in [0.717, 1.165) is 11.8 Å². The highest BCUT2D eigenvalue weighted by molar-refractivity contribution is 8.27. The Hall–Kier alpha value is -1.83. The summed E-state index contributed by atoms with van der Waals surface area (Å²) in [5.74, 6) is 0.0545. The van der Waals surface area contributed by atoms with Gasteiger partial charge in [0, 0.05) is 16.7 Å². The van der Waals surface area contributed by atoms with Gasteiger partial charge in [-0.3, -0.25) is 9.69 Å². The van der Waals surface area contributed by atoms with E-state index in [1.54, 1.807) is 36.4 Å². The molecule has 0 aliphatic carbocycles. The lowest BCUT2D eigenvalue weighted by molar-refractivity contribution is -0.113. The number of carbonyl (C=O) groups is 1. The summed E-state index contributed by atoms with van der Waals surface area (Å²) in [6.07, 6.45) is 1.59. The lowest BCUT2D eigenvalue weighted by atomic mass is 10.2. The van der Waals surface area contributed by atoms with Crippen LogP contribution in [0.3, 0.4) is 0 Å². The van der Waals surface area contributed by atoms with Crippen molar-refractivity contribution in [2.75, 3.05) is 4.90 Å². The van der Waals surface area contributed by atoms with Crippen molar-refractivity contribution in [2.45, 2.75) is 0 Å². The van der Waals surface area contributed by atoms with Crippen molar-refractivity contribution in [2.24, 2.45) is 0 Å². The lowest BCUT2D eigenvalue weighted by Gasteiger charge is -2.14. The summed E-state index contributed by atoms with van der Waals surface area (Å²) in [5, 5.41) is 0.936. The summed E-state index contributed by atoms with van der Waals surface area (Å²) >= 11 is 24.5. The Kier molecular flexibility index (Phi) is 5.73. The standard InChI is InChI=1S/C20H9Cl3FNO2S2/c21-10-1-4-14(22)13(7-10)17-6-3-12(27-17)9-18-19(26)25(20(28)29-18)11-2-5-16(24)15(23)8-11/h1-9H/b18-9+. The average Bonchev–Trinajstić information content (AvgIpc) is 3.24. The Morgan fingerprint density at radius 1 is 1.03 bits per heavy atom. The summed E-state index contributed by atoms with van der Waals surface area (Å²) in [7, 11) is 0. The molecule has 4 rings (SSSR count). The van der Waals surface area contributed by atoms with Gasteiger partial charge in [0.05, 0.1) is 20.6 Å². The van der Waals surface area contributed by atoms with Gasteiger partial charge in [0.25, 0.3) is 5.91 Å². The highest BCUT2D eigenvalue weighted by Gasteiger charge is 2.34. The second-order valence-electron chi connectivity index (χ2n) is 5.94.